The molecular weight excluding hydrogens is 338 g/mol. The number of hydrogen-bond donors (Lipinski definition) is 1. The van der Waals surface area contributed by atoms with Crippen LogP contribution in [0, 0.1) is 0 Å². The maximum atomic E-state index is 11.8. The van der Waals surface area contributed by atoms with Crippen LogP contribution in [0.25, 0.3) is 0 Å². The number of benzene rings is 2. The second-order valence-electron chi connectivity index (χ2n) is 5.21. The molecule has 134 valence electrons. The first-order chi connectivity index (χ1) is 12.2. The fourth-order valence-electron chi connectivity index (χ4n) is 2.07. The molecule has 1 amide bonds. The van der Waals surface area contributed by atoms with Gasteiger partial charge >= 0.3 is 0 Å². The SMILES string of the molecule is COc1ccc(CSCC(=O)NCCOc2ccc(OC)cc2)cc1. The number of ether oxygens (including phenoxy) is 3. The van der Waals surface area contributed by atoms with Gasteiger partial charge in [0.15, 0.2) is 0 Å². The highest BCUT2D eigenvalue weighted by Crippen LogP contribution is 2.17. The number of carbonyl (C=O) groups is 1. The monoisotopic (exact) mass is 361 g/mol. The molecule has 0 heterocycles. The zero-order valence-corrected chi connectivity index (χ0v) is 15.3. The Morgan fingerprint density at radius 2 is 1.48 bits per heavy atom. The molecule has 2 rings (SSSR count). The van der Waals surface area contributed by atoms with Gasteiger partial charge in [0.25, 0.3) is 0 Å². The van der Waals surface area contributed by atoms with Crippen molar-refractivity contribution in [2.75, 3.05) is 33.1 Å². The summed E-state index contributed by atoms with van der Waals surface area (Å²) in [4.78, 5) is 11.8. The number of methoxy groups -OCH3 is 2. The Hall–Kier alpha value is -2.34. The number of nitrogens with one attached hydrogen (secondary N) is 1. The van der Waals surface area contributed by atoms with Crippen LogP contribution in [0.1, 0.15) is 5.56 Å². The number of amides is 1. The smallest absolute Gasteiger partial charge is 0.230 e. The summed E-state index contributed by atoms with van der Waals surface area (Å²) < 4.78 is 15.8. The van der Waals surface area contributed by atoms with Crippen LogP contribution in [0.3, 0.4) is 0 Å². The third kappa shape index (κ3) is 6.97. The van der Waals surface area contributed by atoms with E-state index in [1.165, 1.54) is 5.56 Å². The van der Waals surface area contributed by atoms with Crippen molar-refractivity contribution < 1.29 is 19.0 Å². The van der Waals surface area contributed by atoms with Gasteiger partial charge < -0.3 is 19.5 Å². The molecule has 2 aromatic rings. The molecule has 0 aromatic heterocycles. The van der Waals surface area contributed by atoms with Crippen molar-refractivity contribution in [3.8, 4) is 17.2 Å². The molecular formula is C19H23NO4S. The Balaban J connectivity index is 1.57. The number of thioether (sulfide) groups is 1. The van der Waals surface area contributed by atoms with E-state index in [1.807, 2.05) is 48.5 Å². The Labute approximate surface area is 152 Å². The van der Waals surface area contributed by atoms with Crippen molar-refractivity contribution in [3.63, 3.8) is 0 Å². The van der Waals surface area contributed by atoms with Crippen LogP contribution < -0.4 is 19.5 Å². The van der Waals surface area contributed by atoms with Gasteiger partial charge in [-0.3, -0.25) is 4.79 Å². The average molecular weight is 361 g/mol. The third-order valence-corrected chi connectivity index (χ3v) is 4.42. The van der Waals surface area contributed by atoms with Gasteiger partial charge in [0.05, 0.1) is 26.5 Å². The molecule has 25 heavy (non-hydrogen) atoms. The maximum absolute atomic E-state index is 11.8. The van der Waals surface area contributed by atoms with Crippen molar-refractivity contribution in [1.82, 2.24) is 5.32 Å². The Bertz CT molecular complexity index is 643. The van der Waals surface area contributed by atoms with Crippen LogP contribution in [-0.2, 0) is 10.5 Å². The lowest BCUT2D eigenvalue weighted by molar-refractivity contribution is -0.118. The van der Waals surface area contributed by atoms with Crippen molar-refractivity contribution >= 4 is 17.7 Å². The summed E-state index contributed by atoms with van der Waals surface area (Å²) >= 11 is 1.58. The topological polar surface area (TPSA) is 56.8 Å². The van der Waals surface area contributed by atoms with Gasteiger partial charge in [-0.25, -0.2) is 0 Å². The van der Waals surface area contributed by atoms with Crippen molar-refractivity contribution in [2.24, 2.45) is 0 Å². The van der Waals surface area contributed by atoms with Gasteiger partial charge in [-0.05, 0) is 42.0 Å². The lowest BCUT2D eigenvalue weighted by Gasteiger charge is -2.08. The summed E-state index contributed by atoms with van der Waals surface area (Å²) in [6.45, 7) is 0.912. The predicted molar refractivity (Wildman–Crippen MR) is 101 cm³/mol. The first-order valence-electron chi connectivity index (χ1n) is 7.95. The molecule has 0 spiro atoms. The molecule has 0 bridgehead atoms. The highest BCUT2D eigenvalue weighted by atomic mass is 32.2. The molecule has 0 radical (unpaired) electrons. The van der Waals surface area contributed by atoms with Gasteiger partial charge in [0.1, 0.15) is 23.9 Å². The minimum atomic E-state index is 0.0110. The Kier molecular flexibility index (Phi) is 7.98. The molecule has 1 N–H and O–H groups in total. The van der Waals surface area contributed by atoms with Crippen molar-refractivity contribution in [2.45, 2.75) is 5.75 Å². The largest absolute Gasteiger partial charge is 0.497 e. The van der Waals surface area contributed by atoms with E-state index in [0.29, 0.717) is 18.9 Å². The van der Waals surface area contributed by atoms with Crippen molar-refractivity contribution in [1.29, 1.82) is 0 Å². The molecule has 0 unspecified atom stereocenters. The van der Waals surface area contributed by atoms with Crippen LogP contribution in [-0.4, -0.2) is 39.0 Å². The summed E-state index contributed by atoms with van der Waals surface area (Å²) in [6, 6.07) is 15.2. The fraction of sp³-hybridized carbons (Fsp3) is 0.316. The molecule has 5 nitrogen and oxygen atoms in total. The van der Waals surface area contributed by atoms with Crippen LogP contribution >= 0.6 is 11.8 Å². The zero-order chi connectivity index (χ0) is 17.9. The van der Waals surface area contributed by atoms with E-state index in [4.69, 9.17) is 14.2 Å². The third-order valence-electron chi connectivity index (χ3n) is 3.41. The van der Waals surface area contributed by atoms with Crippen LogP contribution in [0.4, 0.5) is 0 Å². The van der Waals surface area contributed by atoms with Crippen LogP contribution in [0.2, 0.25) is 0 Å². The number of carbonyl (C=O) groups excluding carboxylic acids is 1. The summed E-state index contributed by atoms with van der Waals surface area (Å²) in [5.74, 6) is 3.60. The fourth-order valence-corrected chi connectivity index (χ4v) is 2.88. The number of hydrogen-bond acceptors (Lipinski definition) is 5. The molecule has 0 aliphatic rings. The molecule has 0 aliphatic heterocycles. The minimum Gasteiger partial charge on any atom is -0.497 e. The minimum absolute atomic E-state index is 0.0110. The number of rotatable bonds is 10. The highest BCUT2D eigenvalue weighted by Gasteiger charge is 2.02. The summed E-state index contributed by atoms with van der Waals surface area (Å²) in [7, 11) is 3.27. The lowest BCUT2D eigenvalue weighted by atomic mass is 10.2. The molecule has 0 fully saturated rings. The predicted octanol–water partition coefficient (Wildman–Crippen LogP) is 3.13. The van der Waals surface area contributed by atoms with E-state index in [9.17, 15) is 4.79 Å². The van der Waals surface area contributed by atoms with E-state index >= 15 is 0 Å². The Morgan fingerprint density at radius 3 is 2.08 bits per heavy atom. The van der Waals surface area contributed by atoms with E-state index in [0.717, 1.165) is 23.0 Å². The van der Waals surface area contributed by atoms with Gasteiger partial charge in [-0.1, -0.05) is 12.1 Å². The second-order valence-corrected chi connectivity index (χ2v) is 6.20. The molecule has 6 heteroatoms. The van der Waals surface area contributed by atoms with E-state index in [1.54, 1.807) is 26.0 Å². The highest BCUT2D eigenvalue weighted by molar-refractivity contribution is 7.99. The van der Waals surface area contributed by atoms with Crippen LogP contribution in [0.15, 0.2) is 48.5 Å². The van der Waals surface area contributed by atoms with Gasteiger partial charge in [-0.2, -0.15) is 0 Å². The van der Waals surface area contributed by atoms with Gasteiger partial charge in [0.2, 0.25) is 5.91 Å². The maximum Gasteiger partial charge on any atom is 0.230 e. The average Bonchev–Trinajstić information content (AvgIpc) is 2.66. The quantitative estimate of drug-likeness (QED) is 0.659. The normalized spacial score (nSPS) is 10.2. The van der Waals surface area contributed by atoms with E-state index in [-0.39, 0.29) is 5.91 Å². The van der Waals surface area contributed by atoms with Crippen molar-refractivity contribution in [3.05, 3.63) is 54.1 Å². The van der Waals surface area contributed by atoms with Gasteiger partial charge in [0, 0.05) is 5.75 Å². The zero-order valence-electron chi connectivity index (χ0n) is 14.5. The Morgan fingerprint density at radius 1 is 0.920 bits per heavy atom. The molecule has 0 atom stereocenters. The van der Waals surface area contributed by atoms with Crippen LogP contribution in [0.5, 0.6) is 17.2 Å². The molecule has 0 saturated carbocycles. The standard InChI is InChI=1S/C19H23NO4S/c1-22-16-5-3-15(4-6-16)13-25-14-19(21)20-11-12-24-18-9-7-17(23-2)8-10-18/h3-10H,11-14H2,1-2H3,(H,20,21). The first-order valence-corrected chi connectivity index (χ1v) is 9.11. The summed E-state index contributed by atoms with van der Waals surface area (Å²) in [5.41, 5.74) is 1.17. The first kappa shape index (κ1) is 19.0. The van der Waals surface area contributed by atoms with E-state index < -0.39 is 0 Å². The molecule has 0 saturated heterocycles. The molecule has 0 aliphatic carbocycles. The summed E-state index contributed by atoms with van der Waals surface area (Å²) in [5, 5.41) is 2.85. The second kappa shape index (κ2) is 10.5. The molecule has 2 aromatic carbocycles. The van der Waals surface area contributed by atoms with E-state index in [2.05, 4.69) is 5.32 Å². The van der Waals surface area contributed by atoms with Gasteiger partial charge in [-0.15, -0.1) is 11.8 Å². The summed E-state index contributed by atoms with van der Waals surface area (Å²) in [6.07, 6.45) is 0. The lowest BCUT2D eigenvalue weighted by Crippen LogP contribution is -2.29.